The van der Waals surface area contributed by atoms with Crippen molar-refractivity contribution in [1.82, 2.24) is 4.90 Å². The predicted molar refractivity (Wildman–Crippen MR) is 33.6 cm³/mol. The third kappa shape index (κ3) is 7.75. The smallest absolute Gasteiger partial charge is 0.411 e. The maximum atomic E-state index is 4.56. The first-order valence-corrected chi connectivity index (χ1v) is 2.34. The van der Waals surface area contributed by atoms with E-state index in [1.165, 1.54) is 0 Å². The number of rotatable bonds is 0. The molecule has 0 radical (unpaired) electrons. The fraction of sp³-hybridized carbons (Fsp3) is 0.667. The maximum Gasteiger partial charge on any atom is 1.00 e. The van der Waals surface area contributed by atoms with Crippen molar-refractivity contribution < 1.29 is 51.4 Å². The fourth-order valence-corrected chi connectivity index (χ4v) is 0. The third-order valence-corrected chi connectivity index (χ3v) is 1.10. The van der Waals surface area contributed by atoms with Crippen LogP contribution in [0.3, 0.4) is 0 Å². The molecule has 0 aliphatic heterocycles. The van der Waals surface area contributed by atoms with Crippen molar-refractivity contribution in [2.24, 2.45) is 0 Å². The van der Waals surface area contributed by atoms with E-state index in [9.17, 15) is 0 Å². The van der Waals surface area contributed by atoms with E-state index in [4.69, 9.17) is 0 Å². The molecule has 0 N–H and O–H groups in total. The Balaban J connectivity index is 0. The summed E-state index contributed by atoms with van der Waals surface area (Å²) < 4.78 is 0.509. The molecule has 0 aromatic rings. The molecular weight excluding hydrogens is 153 g/mol. The van der Waals surface area contributed by atoms with E-state index < -0.39 is 0 Å². The standard InChI is InChI=1S/C3H7NS2.K/c1-4(2)3(5)6;/h1-2H3,(H,5,6);/q;+1/p-1. The Bertz CT molecular complexity index is 64.0. The second-order valence-corrected chi connectivity index (χ2v) is 2.19. The number of nitrogens with zero attached hydrogens (tertiary/aromatic N) is 1. The summed E-state index contributed by atoms with van der Waals surface area (Å²) in [6.07, 6.45) is 0. The van der Waals surface area contributed by atoms with Crippen LogP contribution in [0, 0.1) is 0 Å². The Morgan fingerprint density at radius 1 is 1.57 bits per heavy atom. The van der Waals surface area contributed by atoms with Gasteiger partial charge < -0.3 is 29.7 Å². The molecule has 0 aliphatic carbocycles. The third-order valence-electron chi connectivity index (χ3n) is 0.365. The summed E-state index contributed by atoms with van der Waals surface area (Å²) in [5.74, 6) is 0. The molecule has 36 valence electrons. The Hall–Kier alpha value is 1.75. The van der Waals surface area contributed by atoms with Gasteiger partial charge in [0.2, 0.25) is 0 Å². The van der Waals surface area contributed by atoms with Crippen LogP contribution in [-0.4, -0.2) is 23.3 Å². The van der Waals surface area contributed by atoms with Gasteiger partial charge in [0.1, 0.15) is 0 Å². The minimum absolute atomic E-state index is 0. The SMILES string of the molecule is CN(C)C(=S)[S-].[K+]. The van der Waals surface area contributed by atoms with Gasteiger partial charge in [-0.05, 0) is 0 Å². The van der Waals surface area contributed by atoms with Gasteiger partial charge in [0.25, 0.3) is 0 Å². The Labute approximate surface area is 97.7 Å². The minimum Gasteiger partial charge on any atom is -0.411 e. The summed E-state index contributed by atoms with van der Waals surface area (Å²) in [7, 11) is 3.66. The van der Waals surface area contributed by atoms with E-state index >= 15 is 0 Å². The number of thiocarbonyl (C=S) groups is 1. The summed E-state index contributed by atoms with van der Waals surface area (Å²) in [4.78, 5) is 1.71. The van der Waals surface area contributed by atoms with E-state index in [1.807, 2.05) is 14.1 Å². The second-order valence-electron chi connectivity index (χ2n) is 1.16. The Morgan fingerprint density at radius 3 is 1.71 bits per heavy atom. The summed E-state index contributed by atoms with van der Waals surface area (Å²) >= 11 is 9.12. The quantitative estimate of drug-likeness (QED) is 0.216. The maximum absolute atomic E-state index is 4.56. The van der Waals surface area contributed by atoms with Crippen LogP contribution in [-0.2, 0) is 12.6 Å². The van der Waals surface area contributed by atoms with E-state index in [2.05, 4.69) is 24.8 Å². The minimum atomic E-state index is 0. The normalized spacial score (nSPS) is 6.57. The van der Waals surface area contributed by atoms with Crippen molar-refractivity contribution in [2.45, 2.75) is 0 Å². The largest absolute Gasteiger partial charge is 1.00 e. The predicted octanol–water partition coefficient (Wildman–Crippen LogP) is -2.62. The van der Waals surface area contributed by atoms with E-state index in [-0.39, 0.29) is 51.4 Å². The molecule has 0 heterocycles. The van der Waals surface area contributed by atoms with Crippen LogP contribution >= 0.6 is 12.2 Å². The first-order valence-electron chi connectivity index (χ1n) is 1.53. The Kier molecular flexibility index (Phi) is 9.68. The first-order chi connectivity index (χ1) is 2.64. The molecule has 0 aliphatic rings. The molecule has 0 atom stereocenters. The zero-order valence-electron chi connectivity index (χ0n) is 4.76. The summed E-state index contributed by atoms with van der Waals surface area (Å²) in [5, 5.41) is 0. The molecule has 0 rings (SSSR count). The van der Waals surface area contributed by atoms with Crippen LogP contribution in [0.5, 0.6) is 0 Å². The monoisotopic (exact) mass is 159 g/mol. The van der Waals surface area contributed by atoms with Crippen molar-refractivity contribution in [3.05, 3.63) is 0 Å². The van der Waals surface area contributed by atoms with Crippen LogP contribution in [0.1, 0.15) is 0 Å². The Morgan fingerprint density at radius 2 is 1.71 bits per heavy atom. The zero-order chi connectivity index (χ0) is 5.15. The van der Waals surface area contributed by atoms with Crippen LogP contribution in [0.15, 0.2) is 0 Å². The van der Waals surface area contributed by atoms with Crippen molar-refractivity contribution in [1.29, 1.82) is 0 Å². The molecule has 0 bridgehead atoms. The van der Waals surface area contributed by atoms with Crippen LogP contribution in [0.2, 0.25) is 0 Å². The molecule has 0 aromatic carbocycles. The van der Waals surface area contributed by atoms with Crippen molar-refractivity contribution in [3.63, 3.8) is 0 Å². The van der Waals surface area contributed by atoms with Crippen LogP contribution in [0.4, 0.5) is 0 Å². The average molecular weight is 159 g/mol. The zero-order valence-corrected chi connectivity index (χ0v) is 9.52. The summed E-state index contributed by atoms with van der Waals surface area (Å²) in [5.41, 5.74) is 0. The van der Waals surface area contributed by atoms with Gasteiger partial charge in [-0.2, -0.15) is 0 Å². The van der Waals surface area contributed by atoms with E-state index in [0.717, 1.165) is 0 Å². The topological polar surface area (TPSA) is 3.24 Å². The first kappa shape index (κ1) is 11.5. The van der Waals surface area contributed by atoms with Crippen LogP contribution in [0.25, 0.3) is 0 Å². The van der Waals surface area contributed by atoms with Gasteiger partial charge in [-0.1, -0.05) is 4.32 Å². The van der Waals surface area contributed by atoms with Gasteiger partial charge in [-0.25, -0.2) is 0 Å². The molecule has 4 heteroatoms. The van der Waals surface area contributed by atoms with Crippen LogP contribution < -0.4 is 51.4 Å². The molecule has 0 saturated carbocycles. The molecule has 7 heavy (non-hydrogen) atoms. The molecule has 0 fully saturated rings. The average Bonchev–Trinajstić information content (AvgIpc) is 1.36. The van der Waals surface area contributed by atoms with Gasteiger partial charge in [-0.3, -0.25) is 0 Å². The fourth-order valence-electron chi connectivity index (χ4n) is 0. The van der Waals surface area contributed by atoms with Gasteiger partial charge in [0, 0.05) is 14.1 Å². The molecule has 0 amide bonds. The van der Waals surface area contributed by atoms with Crippen molar-refractivity contribution >= 4 is 29.2 Å². The molecule has 0 unspecified atom stereocenters. The van der Waals surface area contributed by atoms with E-state index in [1.54, 1.807) is 4.90 Å². The molecule has 0 spiro atoms. The van der Waals surface area contributed by atoms with Gasteiger partial charge in [0.15, 0.2) is 0 Å². The molecule has 0 saturated heterocycles. The van der Waals surface area contributed by atoms with Gasteiger partial charge in [0.05, 0.1) is 0 Å². The summed E-state index contributed by atoms with van der Waals surface area (Å²) in [6.45, 7) is 0. The molecule has 1 nitrogen and oxygen atoms in total. The van der Waals surface area contributed by atoms with Crippen molar-refractivity contribution in [2.75, 3.05) is 14.1 Å². The number of hydrogen-bond acceptors (Lipinski definition) is 2. The van der Waals surface area contributed by atoms with Gasteiger partial charge in [-0.15, -0.1) is 0 Å². The second kappa shape index (κ2) is 5.88. The molecule has 0 aromatic heterocycles. The number of hydrogen-bond donors (Lipinski definition) is 0. The van der Waals surface area contributed by atoms with Gasteiger partial charge >= 0.3 is 51.4 Å². The van der Waals surface area contributed by atoms with E-state index in [0.29, 0.717) is 4.32 Å². The summed E-state index contributed by atoms with van der Waals surface area (Å²) in [6, 6.07) is 0. The molecular formula is C3H6KNS2. The van der Waals surface area contributed by atoms with Crippen molar-refractivity contribution in [3.8, 4) is 0 Å².